The lowest BCUT2D eigenvalue weighted by Crippen LogP contribution is -2.22. The van der Waals surface area contributed by atoms with Crippen LogP contribution in [0.2, 0.25) is 0 Å². The molecular weight excluding hydrogens is 303 g/mol. The maximum atomic E-state index is 14.8. The molecule has 1 aliphatic carbocycles. The van der Waals surface area contributed by atoms with Crippen molar-refractivity contribution in [3.05, 3.63) is 47.5 Å². The highest BCUT2D eigenvalue weighted by Gasteiger charge is 2.29. The van der Waals surface area contributed by atoms with E-state index >= 15 is 0 Å². The highest BCUT2D eigenvalue weighted by Crippen LogP contribution is 2.36. The standard InChI is InChI=1S/C16H19FN2O2S/c1-18-9-11-3-2-4-14-13(11)5-6-15(16(14)17)22(20,21)12-7-8-19-10-12/h5-8,10-11,18-19H,2-4,9H2,1H3/t11-/m0/s1. The minimum absolute atomic E-state index is 0.0916. The van der Waals surface area contributed by atoms with Gasteiger partial charge < -0.3 is 10.3 Å². The Morgan fingerprint density at radius 3 is 2.86 bits per heavy atom. The van der Waals surface area contributed by atoms with E-state index in [0.29, 0.717) is 12.0 Å². The fraction of sp³-hybridized carbons (Fsp3) is 0.375. The quantitative estimate of drug-likeness (QED) is 0.909. The third-order valence-electron chi connectivity index (χ3n) is 4.28. The van der Waals surface area contributed by atoms with Crippen molar-refractivity contribution in [3.63, 3.8) is 0 Å². The first kappa shape index (κ1) is 15.2. The molecule has 118 valence electrons. The van der Waals surface area contributed by atoms with Crippen molar-refractivity contribution in [2.75, 3.05) is 13.6 Å². The first-order valence-electron chi connectivity index (χ1n) is 7.39. The minimum atomic E-state index is -3.81. The molecule has 0 spiro atoms. The molecule has 1 aromatic heterocycles. The zero-order valence-electron chi connectivity index (χ0n) is 12.4. The molecule has 2 aromatic rings. The van der Waals surface area contributed by atoms with E-state index in [0.717, 1.165) is 24.9 Å². The van der Waals surface area contributed by atoms with E-state index in [-0.39, 0.29) is 15.7 Å². The smallest absolute Gasteiger partial charge is 0.210 e. The molecule has 0 radical (unpaired) electrons. The van der Waals surface area contributed by atoms with Crippen molar-refractivity contribution in [3.8, 4) is 0 Å². The third kappa shape index (κ3) is 2.46. The van der Waals surface area contributed by atoms with E-state index in [1.165, 1.54) is 24.5 Å². The Morgan fingerprint density at radius 2 is 2.18 bits per heavy atom. The van der Waals surface area contributed by atoms with Crippen molar-refractivity contribution in [1.82, 2.24) is 10.3 Å². The Labute approximate surface area is 129 Å². The lowest BCUT2D eigenvalue weighted by atomic mass is 9.82. The van der Waals surface area contributed by atoms with Crippen LogP contribution in [0.15, 0.2) is 40.4 Å². The summed E-state index contributed by atoms with van der Waals surface area (Å²) in [6.07, 6.45) is 5.36. The predicted octanol–water partition coefficient (Wildman–Crippen LogP) is 2.63. The Bertz CT molecular complexity index is 770. The lowest BCUT2D eigenvalue weighted by molar-refractivity contribution is 0.494. The van der Waals surface area contributed by atoms with Crippen LogP contribution in [0.3, 0.4) is 0 Å². The van der Waals surface area contributed by atoms with E-state index in [1.807, 2.05) is 7.05 Å². The van der Waals surface area contributed by atoms with Gasteiger partial charge in [-0.15, -0.1) is 0 Å². The van der Waals surface area contributed by atoms with E-state index < -0.39 is 15.7 Å². The molecule has 1 heterocycles. The molecule has 0 unspecified atom stereocenters. The van der Waals surface area contributed by atoms with Crippen molar-refractivity contribution in [1.29, 1.82) is 0 Å². The molecule has 1 aliphatic rings. The second kappa shape index (κ2) is 5.85. The number of halogens is 1. The summed E-state index contributed by atoms with van der Waals surface area (Å²) in [5, 5.41) is 3.12. The molecular formula is C16H19FN2O2S. The van der Waals surface area contributed by atoms with Gasteiger partial charge in [0.05, 0.1) is 4.90 Å². The molecule has 0 aliphatic heterocycles. The Kier molecular flexibility index (Phi) is 4.06. The van der Waals surface area contributed by atoms with Crippen LogP contribution in [0.5, 0.6) is 0 Å². The summed E-state index contributed by atoms with van der Waals surface area (Å²) in [7, 11) is -1.94. The summed E-state index contributed by atoms with van der Waals surface area (Å²) in [4.78, 5) is 2.57. The minimum Gasteiger partial charge on any atom is -0.366 e. The molecule has 22 heavy (non-hydrogen) atoms. The van der Waals surface area contributed by atoms with Gasteiger partial charge in [0.25, 0.3) is 0 Å². The lowest BCUT2D eigenvalue weighted by Gasteiger charge is -2.26. The fourth-order valence-corrected chi connectivity index (χ4v) is 4.53. The average molecular weight is 322 g/mol. The molecule has 0 bridgehead atoms. The van der Waals surface area contributed by atoms with Crippen LogP contribution in [0.1, 0.15) is 29.9 Å². The van der Waals surface area contributed by atoms with Crippen LogP contribution >= 0.6 is 0 Å². The summed E-state index contributed by atoms with van der Waals surface area (Å²) >= 11 is 0. The van der Waals surface area contributed by atoms with Gasteiger partial charge in [-0.25, -0.2) is 12.8 Å². The number of aromatic amines is 1. The van der Waals surface area contributed by atoms with Gasteiger partial charge in [-0.05, 0) is 55.5 Å². The van der Waals surface area contributed by atoms with Gasteiger partial charge >= 0.3 is 0 Å². The molecule has 0 saturated heterocycles. The van der Waals surface area contributed by atoms with Crippen LogP contribution in [0.4, 0.5) is 4.39 Å². The van der Waals surface area contributed by atoms with E-state index in [9.17, 15) is 12.8 Å². The SMILES string of the molecule is CNC[C@@H]1CCCc2c1ccc(S(=O)(=O)c1cc[nH]c1)c2F. The Balaban J connectivity index is 2.10. The summed E-state index contributed by atoms with van der Waals surface area (Å²) in [5.74, 6) is -0.341. The van der Waals surface area contributed by atoms with Gasteiger partial charge in [0, 0.05) is 18.9 Å². The number of aromatic nitrogens is 1. The van der Waals surface area contributed by atoms with Crippen LogP contribution in [0.25, 0.3) is 0 Å². The van der Waals surface area contributed by atoms with E-state index in [2.05, 4.69) is 10.3 Å². The highest BCUT2D eigenvalue weighted by molar-refractivity contribution is 7.91. The topological polar surface area (TPSA) is 62.0 Å². The van der Waals surface area contributed by atoms with Crippen molar-refractivity contribution >= 4 is 9.84 Å². The van der Waals surface area contributed by atoms with Gasteiger partial charge in [0.1, 0.15) is 10.7 Å². The maximum Gasteiger partial charge on any atom is 0.210 e. The summed E-state index contributed by atoms with van der Waals surface area (Å²) in [6.45, 7) is 0.774. The predicted molar refractivity (Wildman–Crippen MR) is 82.3 cm³/mol. The molecule has 6 heteroatoms. The zero-order valence-corrected chi connectivity index (χ0v) is 13.2. The second-order valence-corrected chi connectivity index (χ2v) is 7.56. The monoisotopic (exact) mass is 322 g/mol. The average Bonchev–Trinajstić information content (AvgIpc) is 3.03. The molecule has 1 aromatic carbocycles. The first-order valence-corrected chi connectivity index (χ1v) is 8.87. The second-order valence-electron chi connectivity index (χ2n) is 5.64. The first-order chi connectivity index (χ1) is 10.6. The van der Waals surface area contributed by atoms with Crippen molar-refractivity contribution < 1.29 is 12.8 Å². The Morgan fingerprint density at radius 1 is 1.36 bits per heavy atom. The number of hydrogen-bond acceptors (Lipinski definition) is 3. The van der Waals surface area contributed by atoms with E-state index in [1.54, 1.807) is 6.07 Å². The third-order valence-corrected chi connectivity index (χ3v) is 6.05. The molecule has 3 rings (SSSR count). The summed E-state index contributed by atoms with van der Waals surface area (Å²) in [5.41, 5.74) is 1.49. The van der Waals surface area contributed by atoms with Gasteiger partial charge in [-0.2, -0.15) is 0 Å². The van der Waals surface area contributed by atoms with Crippen molar-refractivity contribution in [2.24, 2.45) is 0 Å². The number of hydrogen-bond donors (Lipinski definition) is 2. The largest absolute Gasteiger partial charge is 0.366 e. The highest BCUT2D eigenvalue weighted by atomic mass is 32.2. The van der Waals surface area contributed by atoms with Gasteiger partial charge in [0.2, 0.25) is 9.84 Å². The Hall–Kier alpha value is -1.66. The maximum absolute atomic E-state index is 14.8. The number of likely N-dealkylation sites (N-methyl/N-ethyl adjacent to an activating group) is 1. The summed E-state index contributed by atoms with van der Waals surface area (Å²) in [6, 6.07) is 4.63. The van der Waals surface area contributed by atoms with Crippen LogP contribution < -0.4 is 5.32 Å². The van der Waals surface area contributed by atoms with Gasteiger partial charge in [-0.3, -0.25) is 0 Å². The molecule has 4 nitrogen and oxygen atoms in total. The molecule has 0 fully saturated rings. The summed E-state index contributed by atoms with van der Waals surface area (Å²) < 4.78 is 39.9. The number of benzene rings is 1. The fourth-order valence-electron chi connectivity index (χ4n) is 3.20. The number of rotatable bonds is 4. The molecule has 0 amide bonds. The van der Waals surface area contributed by atoms with Gasteiger partial charge in [-0.1, -0.05) is 6.07 Å². The normalized spacial score (nSPS) is 18.2. The van der Waals surface area contributed by atoms with Gasteiger partial charge in [0.15, 0.2) is 0 Å². The van der Waals surface area contributed by atoms with Crippen LogP contribution in [0, 0.1) is 5.82 Å². The van der Waals surface area contributed by atoms with Crippen molar-refractivity contribution in [2.45, 2.75) is 35.0 Å². The number of sulfone groups is 1. The number of fused-ring (bicyclic) bond motifs is 1. The van der Waals surface area contributed by atoms with Crippen LogP contribution in [-0.4, -0.2) is 27.0 Å². The molecule has 0 saturated carbocycles. The van der Waals surface area contributed by atoms with E-state index in [4.69, 9.17) is 0 Å². The number of nitrogens with one attached hydrogen (secondary N) is 2. The number of H-pyrrole nitrogens is 1. The molecule has 2 N–H and O–H groups in total. The van der Waals surface area contributed by atoms with Crippen LogP contribution in [-0.2, 0) is 16.3 Å². The zero-order chi connectivity index (χ0) is 15.7. The molecule has 1 atom stereocenters.